The van der Waals surface area contributed by atoms with Gasteiger partial charge in [0.05, 0.1) is 6.61 Å². The first-order valence-electron chi connectivity index (χ1n) is 6.75. The SMILES string of the molecule is C1CC2(CCO1)CNCC2COCC1CC1. The molecule has 16 heavy (non-hydrogen) atoms. The minimum absolute atomic E-state index is 0.488. The summed E-state index contributed by atoms with van der Waals surface area (Å²) in [5.41, 5.74) is 0.488. The predicted octanol–water partition coefficient (Wildman–Crippen LogP) is 1.43. The summed E-state index contributed by atoms with van der Waals surface area (Å²) < 4.78 is 11.4. The van der Waals surface area contributed by atoms with Crippen LogP contribution in [0.25, 0.3) is 0 Å². The molecule has 0 radical (unpaired) electrons. The number of hydrogen-bond donors (Lipinski definition) is 1. The maximum atomic E-state index is 5.89. The summed E-state index contributed by atoms with van der Waals surface area (Å²) in [6.07, 6.45) is 5.22. The molecule has 3 heteroatoms. The highest BCUT2D eigenvalue weighted by atomic mass is 16.5. The van der Waals surface area contributed by atoms with Gasteiger partial charge in [-0.3, -0.25) is 0 Å². The second kappa shape index (κ2) is 4.63. The summed E-state index contributed by atoms with van der Waals surface area (Å²) >= 11 is 0. The van der Waals surface area contributed by atoms with Crippen LogP contribution in [0.4, 0.5) is 0 Å². The summed E-state index contributed by atoms with van der Waals surface area (Å²) in [4.78, 5) is 0. The van der Waals surface area contributed by atoms with Gasteiger partial charge in [-0.05, 0) is 37.0 Å². The van der Waals surface area contributed by atoms with E-state index >= 15 is 0 Å². The van der Waals surface area contributed by atoms with Crippen LogP contribution < -0.4 is 5.32 Å². The molecular formula is C13H23NO2. The van der Waals surface area contributed by atoms with Gasteiger partial charge in [0.2, 0.25) is 0 Å². The van der Waals surface area contributed by atoms with Crippen LogP contribution in [0.15, 0.2) is 0 Å². The number of nitrogens with one attached hydrogen (secondary N) is 1. The molecule has 2 saturated heterocycles. The van der Waals surface area contributed by atoms with Gasteiger partial charge in [-0.2, -0.15) is 0 Å². The average Bonchev–Trinajstić information content (AvgIpc) is 3.06. The number of ether oxygens (including phenoxy) is 2. The van der Waals surface area contributed by atoms with Crippen LogP contribution >= 0.6 is 0 Å². The normalized spacial score (nSPS) is 33.4. The fourth-order valence-corrected chi connectivity index (χ4v) is 3.12. The molecule has 2 aliphatic heterocycles. The molecule has 0 amide bonds. The lowest BCUT2D eigenvalue weighted by atomic mass is 9.72. The summed E-state index contributed by atoms with van der Waals surface area (Å²) in [6.45, 7) is 6.17. The van der Waals surface area contributed by atoms with E-state index in [2.05, 4.69) is 5.32 Å². The highest BCUT2D eigenvalue weighted by Crippen LogP contribution is 2.41. The van der Waals surface area contributed by atoms with Crippen LogP contribution in [-0.2, 0) is 9.47 Å². The summed E-state index contributed by atoms with van der Waals surface area (Å²) in [6, 6.07) is 0. The van der Waals surface area contributed by atoms with Crippen molar-refractivity contribution in [2.75, 3.05) is 39.5 Å². The van der Waals surface area contributed by atoms with Gasteiger partial charge >= 0.3 is 0 Å². The number of hydrogen-bond acceptors (Lipinski definition) is 3. The van der Waals surface area contributed by atoms with Gasteiger partial charge in [0, 0.05) is 38.8 Å². The molecule has 1 spiro atoms. The quantitative estimate of drug-likeness (QED) is 0.785. The lowest BCUT2D eigenvalue weighted by Gasteiger charge is -2.37. The molecule has 0 bridgehead atoms. The van der Waals surface area contributed by atoms with E-state index in [-0.39, 0.29) is 0 Å². The van der Waals surface area contributed by atoms with Crippen molar-refractivity contribution < 1.29 is 9.47 Å². The van der Waals surface area contributed by atoms with E-state index in [4.69, 9.17) is 9.47 Å². The van der Waals surface area contributed by atoms with Crippen LogP contribution in [-0.4, -0.2) is 39.5 Å². The molecule has 1 unspecified atom stereocenters. The van der Waals surface area contributed by atoms with Crippen molar-refractivity contribution in [2.45, 2.75) is 25.7 Å². The molecule has 0 aromatic rings. The standard InChI is InChI=1S/C13H23NO2/c1-2-11(1)8-16-9-12-7-14-10-13(12)3-5-15-6-4-13/h11-12,14H,1-10H2. The highest BCUT2D eigenvalue weighted by molar-refractivity contribution is 4.96. The largest absolute Gasteiger partial charge is 0.381 e. The van der Waals surface area contributed by atoms with Gasteiger partial charge in [-0.1, -0.05) is 0 Å². The van der Waals surface area contributed by atoms with E-state index in [0.29, 0.717) is 5.41 Å². The zero-order chi connectivity index (χ0) is 10.8. The first kappa shape index (κ1) is 11.0. The smallest absolute Gasteiger partial charge is 0.0512 e. The van der Waals surface area contributed by atoms with Crippen molar-refractivity contribution >= 4 is 0 Å². The Morgan fingerprint density at radius 3 is 2.75 bits per heavy atom. The Bertz CT molecular complexity index is 234. The molecule has 3 nitrogen and oxygen atoms in total. The molecule has 3 aliphatic rings. The molecular weight excluding hydrogens is 202 g/mol. The lowest BCUT2D eigenvalue weighted by molar-refractivity contribution is -0.0236. The second-order valence-corrected chi connectivity index (χ2v) is 5.78. The van der Waals surface area contributed by atoms with Crippen LogP contribution in [0.3, 0.4) is 0 Å². The van der Waals surface area contributed by atoms with Crippen LogP contribution in [0.5, 0.6) is 0 Å². The van der Waals surface area contributed by atoms with Crippen molar-refractivity contribution in [3.8, 4) is 0 Å². The van der Waals surface area contributed by atoms with Gasteiger partial charge in [0.25, 0.3) is 0 Å². The van der Waals surface area contributed by atoms with Crippen LogP contribution in [0, 0.1) is 17.3 Å². The molecule has 2 heterocycles. The van der Waals surface area contributed by atoms with E-state index in [1.807, 2.05) is 0 Å². The van der Waals surface area contributed by atoms with Gasteiger partial charge < -0.3 is 14.8 Å². The molecule has 1 saturated carbocycles. The van der Waals surface area contributed by atoms with Crippen LogP contribution in [0.1, 0.15) is 25.7 Å². The van der Waals surface area contributed by atoms with Gasteiger partial charge in [0.15, 0.2) is 0 Å². The maximum Gasteiger partial charge on any atom is 0.0512 e. The Morgan fingerprint density at radius 2 is 2.00 bits per heavy atom. The highest BCUT2D eigenvalue weighted by Gasteiger charge is 2.43. The first-order chi connectivity index (χ1) is 7.89. The summed E-state index contributed by atoms with van der Waals surface area (Å²) in [7, 11) is 0. The number of rotatable bonds is 4. The Morgan fingerprint density at radius 1 is 1.19 bits per heavy atom. The Kier molecular flexibility index (Phi) is 3.18. The summed E-state index contributed by atoms with van der Waals surface area (Å²) in [5.74, 6) is 1.61. The maximum absolute atomic E-state index is 5.89. The van der Waals surface area contributed by atoms with Crippen LogP contribution in [0.2, 0.25) is 0 Å². The van der Waals surface area contributed by atoms with E-state index in [1.165, 1.54) is 32.2 Å². The third-order valence-corrected chi connectivity index (χ3v) is 4.59. The predicted molar refractivity (Wildman–Crippen MR) is 62.4 cm³/mol. The Hall–Kier alpha value is -0.120. The summed E-state index contributed by atoms with van der Waals surface area (Å²) in [5, 5.41) is 3.55. The van der Waals surface area contributed by atoms with E-state index in [9.17, 15) is 0 Å². The fraction of sp³-hybridized carbons (Fsp3) is 1.00. The van der Waals surface area contributed by atoms with Crippen molar-refractivity contribution in [3.63, 3.8) is 0 Å². The fourth-order valence-electron chi connectivity index (χ4n) is 3.12. The minimum Gasteiger partial charge on any atom is -0.381 e. The molecule has 3 fully saturated rings. The molecule has 1 aliphatic carbocycles. The third kappa shape index (κ3) is 2.27. The van der Waals surface area contributed by atoms with Crippen molar-refractivity contribution in [3.05, 3.63) is 0 Å². The topological polar surface area (TPSA) is 30.5 Å². The third-order valence-electron chi connectivity index (χ3n) is 4.59. The van der Waals surface area contributed by atoms with Gasteiger partial charge in [-0.15, -0.1) is 0 Å². The van der Waals surface area contributed by atoms with E-state index < -0.39 is 0 Å². The lowest BCUT2D eigenvalue weighted by Crippen LogP contribution is -2.38. The van der Waals surface area contributed by atoms with Gasteiger partial charge in [-0.25, -0.2) is 0 Å². The minimum atomic E-state index is 0.488. The molecule has 0 aromatic carbocycles. The molecule has 1 N–H and O–H groups in total. The van der Waals surface area contributed by atoms with Crippen molar-refractivity contribution in [1.29, 1.82) is 0 Å². The zero-order valence-electron chi connectivity index (χ0n) is 10.0. The van der Waals surface area contributed by atoms with E-state index in [1.54, 1.807) is 0 Å². The molecule has 0 aromatic heterocycles. The zero-order valence-corrected chi connectivity index (χ0v) is 10.0. The van der Waals surface area contributed by atoms with Gasteiger partial charge in [0.1, 0.15) is 0 Å². The van der Waals surface area contributed by atoms with Crippen molar-refractivity contribution in [2.24, 2.45) is 17.3 Å². The van der Waals surface area contributed by atoms with Crippen molar-refractivity contribution in [1.82, 2.24) is 5.32 Å². The Balaban J connectivity index is 1.50. The second-order valence-electron chi connectivity index (χ2n) is 5.78. The Labute approximate surface area is 97.9 Å². The molecule has 3 rings (SSSR count). The molecule has 92 valence electrons. The molecule has 1 atom stereocenters. The average molecular weight is 225 g/mol. The van der Waals surface area contributed by atoms with E-state index in [0.717, 1.165) is 44.8 Å². The first-order valence-corrected chi connectivity index (χ1v) is 6.75. The monoisotopic (exact) mass is 225 g/mol.